The van der Waals surface area contributed by atoms with Crippen molar-refractivity contribution in [3.63, 3.8) is 0 Å². The second kappa shape index (κ2) is 5.18. The quantitative estimate of drug-likeness (QED) is 0.793. The Morgan fingerprint density at radius 3 is 2.82 bits per heavy atom. The lowest BCUT2D eigenvalue weighted by molar-refractivity contribution is 0.172. The highest BCUT2D eigenvalue weighted by molar-refractivity contribution is 9.10. The van der Waals surface area contributed by atoms with Gasteiger partial charge in [0.05, 0.1) is 24.0 Å². The minimum Gasteiger partial charge on any atom is -0.394 e. The largest absolute Gasteiger partial charge is 0.394 e. The Morgan fingerprint density at radius 2 is 2.18 bits per heavy atom. The van der Waals surface area contributed by atoms with Gasteiger partial charge in [0, 0.05) is 0 Å². The summed E-state index contributed by atoms with van der Waals surface area (Å²) in [6.45, 7) is 0.0756. The molecule has 1 aromatic heterocycles. The summed E-state index contributed by atoms with van der Waals surface area (Å²) in [6, 6.07) is 0. The van der Waals surface area contributed by atoms with Gasteiger partial charge < -0.3 is 10.4 Å². The molecule has 17 heavy (non-hydrogen) atoms. The number of halogens is 1. The summed E-state index contributed by atoms with van der Waals surface area (Å²) in [7, 11) is 0. The number of hydrogen-bond donors (Lipinski definition) is 3. The fourth-order valence-electron chi connectivity index (χ4n) is 2.31. The summed E-state index contributed by atoms with van der Waals surface area (Å²) < 4.78 is 0.436. The Kier molecular flexibility index (Phi) is 3.83. The van der Waals surface area contributed by atoms with Crippen molar-refractivity contribution in [3.8, 4) is 0 Å². The van der Waals surface area contributed by atoms with Crippen molar-refractivity contribution < 1.29 is 5.11 Å². The molecule has 1 fully saturated rings. The summed E-state index contributed by atoms with van der Waals surface area (Å²) in [4.78, 5) is 11.4. The zero-order chi connectivity index (χ0) is 12.3. The minimum absolute atomic E-state index is 0.0756. The van der Waals surface area contributed by atoms with Crippen LogP contribution in [0.25, 0.3) is 0 Å². The second-order valence-corrected chi connectivity index (χ2v) is 5.34. The summed E-state index contributed by atoms with van der Waals surface area (Å²) in [5.41, 5.74) is 0.0691. The van der Waals surface area contributed by atoms with E-state index in [9.17, 15) is 9.90 Å². The first-order chi connectivity index (χ1) is 8.17. The number of aromatic nitrogens is 2. The maximum Gasteiger partial charge on any atom is 0.280 e. The van der Waals surface area contributed by atoms with Crippen molar-refractivity contribution in [3.05, 3.63) is 21.0 Å². The van der Waals surface area contributed by atoms with Gasteiger partial charge in [-0.3, -0.25) is 4.79 Å². The molecule has 0 saturated heterocycles. The molecule has 2 rings (SSSR count). The molecule has 0 amide bonds. The summed E-state index contributed by atoms with van der Waals surface area (Å²) in [5.74, 6) is 0. The number of aliphatic hydroxyl groups is 1. The molecule has 1 aliphatic rings. The van der Waals surface area contributed by atoms with Crippen LogP contribution in [0.15, 0.2) is 15.5 Å². The van der Waals surface area contributed by atoms with E-state index in [-0.39, 0.29) is 17.7 Å². The van der Waals surface area contributed by atoms with Gasteiger partial charge in [0.1, 0.15) is 4.47 Å². The Labute approximate surface area is 108 Å². The van der Waals surface area contributed by atoms with E-state index in [2.05, 4.69) is 31.4 Å². The maximum absolute atomic E-state index is 11.4. The van der Waals surface area contributed by atoms with Crippen LogP contribution in [-0.2, 0) is 0 Å². The van der Waals surface area contributed by atoms with Crippen molar-refractivity contribution in [2.45, 2.75) is 37.6 Å². The number of hydrogen-bond acceptors (Lipinski definition) is 4. The van der Waals surface area contributed by atoms with Crippen LogP contribution >= 0.6 is 15.9 Å². The number of rotatable bonds is 3. The van der Waals surface area contributed by atoms with Crippen molar-refractivity contribution in [1.29, 1.82) is 0 Å². The van der Waals surface area contributed by atoms with Gasteiger partial charge in [-0.05, 0) is 28.8 Å². The fraction of sp³-hybridized carbons (Fsp3) is 0.636. The van der Waals surface area contributed by atoms with Gasteiger partial charge in [-0.2, -0.15) is 5.10 Å². The third-order valence-corrected chi connectivity index (χ3v) is 4.10. The molecule has 3 N–H and O–H groups in total. The van der Waals surface area contributed by atoms with Gasteiger partial charge in [-0.1, -0.05) is 19.3 Å². The Hall–Kier alpha value is -0.880. The van der Waals surface area contributed by atoms with Crippen LogP contribution in [0.2, 0.25) is 0 Å². The Balaban J connectivity index is 2.23. The topological polar surface area (TPSA) is 78.0 Å². The molecule has 1 aromatic rings. The SMILES string of the molecule is O=c1[nH]ncc(NC2(CO)CCCCC2)c1Br. The minimum atomic E-state index is -0.309. The summed E-state index contributed by atoms with van der Waals surface area (Å²) in [6.07, 6.45) is 6.81. The third-order valence-electron chi connectivity index (χ3n) is 3.31. The first-order valence-corrected chi connectivity index (χ1v) is 6.58. The van der Waals surface area contributed by atoms with E-state index in [0.29, 0.717) is 10.2 Å². The van der Waals surface area contributed by atoms with E-state index in [1.165, 1.54) is 6.42 Å². The predicted molar refractivity (Wildman–Crippen MR) is 69.1 cm³/mol. The number of nitrogens with zero attached hydrogens (tertiary/aromatic N) is 1. The molecule has 5 nitrogen and oxygen atoms in total. The van der Waals surface area contributed by atoms with Crippen molar-refractivity contribution >= 4 is 21.6 Å². The van der Waals surface area contributed by atoms with Crippen molar-refractivity contribution in [1.82, 2.24) is 10.2 Å². The van der Waals surface area contributed by atoms with Crippen LogP contribution in [0.1, 0.15) is 32.1 Å². The number of aliphatic hydroxyl groups excluding tert-OH is 1. The molecule has 94 valence electrons. The molecular weight excluding hydrogens is 286 g/mol. The number of aromatic amines is 1. The molecule has 6 heteroatoms. The van der Waals surface area contributed by atoms with Gasteiger partial charge >= 0.3 is 0 Å². The van der Waals surface area contributed by atoms with E-state index < -0.39 is 0 Å². The molecule has 1 heterocycles. The Bertz CT molecular complexity index is 441. The van der Waals surface area contributed by atoms with Crippen molar-refractivity contribution in [2.24, 2.45) is 0 Å². The van der Waals surface area contributed by atoms with Crippen LogP contribution < -0.4 is 10.9 Å². The van der Waals surface area contributed by atoms with Gasteiger partial charge in [-0.15, -0.1) is 0 Å². The highest BCUT2D eigenvalue weighted by Crippen LogP contribution is 2.32. The number of H-pyrrole nitrogens is 1. The zero-order valence-electron chi connectivity index (χ0n) is 9.50. The number of anilines is 1. The molecule has 0 aliphatic heterocycles. The summed E-state index contributed by atoms with van der Waals surface area (Å²) in [5, 5.41) is 19.0. The average molecular weight is 302 g/mol. The lowest BCUT2D eigenvalue weighted by Gasteiger charge is -2.37. The standard InChI is InChI=1S/C11H16BrN3O2/c12-9-8(6-13-15-10(9)17)14-11(7-16)4-2-1-3-5-11/h6,16H,1-5,7H2,(H2,14,15,17). The van der Waals surface area contributed by atoms with Crippen LogP contribution in [0, 0.1) is 0 Å². The van der Waals surface area contributed by atoms with E-state index in [4.69, 9.17) is 0 Å². The molecule has 1 saturated carbocycles. The highest BCUT2D eigenvalue weighted by Gasteiger charge is 2.31. The summed E-state index contributed by atoms with van der Waals surface area (Å²) >= 11 is 3.23. The molecule has 0 unspecified atom stereocenters. The van der Waals surface area contributed by atoms with Crippen molar-refractivity contribution in [2.75, 3.05) is 11.9 Å². The molecule has 0 spiro atoms. The van der Waals surface area contributed by atoms with Gasteiger partial charge in [0.2, 0.25) is 0 Å². The van der Waals surface area contributed by atoms with Crippen LogP contribution in [0.4, 0.5) is 5.69 Å². The molecular formula is C11H16BrN3O2. The van der Waals surface area contributed by atoms with E-state index in [0.717, 1.165) is 25.7 Å². The fourth-order valence-corrected chi connectivity index (χ4v) is 2.60. The third kappa shape index (κ3) is 2.69. The normalized spacial score (nSPS) is 18.9. The van der Waals surface area contributed by atoms with E-state index in [1.807, 2.05) is 0 Å². The first-order valence-electron chi connectivity index (χ1n) is 5.79. The van der Waals surface area contributed by atoms with Gasteiger partial charge in [0.15, 0.2) is 0 Å². The zero-order valence-corrected chi connectivity index (χ0v) is 11.1. The predicted octanol–water partition coefficient (Wildman–Crippen LogP) is 1.64. The van der Waals surface area contributed by atoms with Crippen LogP contribution in [0.5, 0.6) is 0 Å². The molecule has 0 aromatic carbocycles. The lowest BCUT2D eigenvalue weighted by Crippen LogP contribution is -2.44. The van der Waals surface area contributed by atoms with E-state index >= 15 is 0 Å². The lowest BCUT2D eigenvalue weighted by atomic mass is 9.82. The van der Waals surface area contributed by atoms with Gasteiger partial charge in [0.25, 0.3) is 5.56 Å². The highest BCUT2D eigenvalue weighted by atomic mass is 79.9. The Morgan fingerprint density at radius 1 is 1.47 bits per heavy atom. The van der Waals surface area contributed by atoms with Crippen LogP contribution in [-0.4, -0.2) is 27.4 Å². The average Bonchev–Trinajstić information content (AvgIpc) is 2.36. The number of nitrogens with one attached hydrogen (secondary N) is 2. The molecule has 1 aliphatic carbocycles. The molecule has 0 bridgehead atoms. The maximum atomic E-state index is 11.4. The van der Waals surface area contributed by atoms with Crippen LogP contribution in [0.3, 0.4) is 0 Å². The second-order valence-electron chi connectivity index (χ2n) is 4.55. The monoisotopic (exact) mass is 301 g/mol. The first kappa shape index (κ1) is 12.6. The smallest absolute Gasteiger partial charge is 0.280 e. The van der Waals surface area contributed by atoms with E-state index in [1.54, 1.807) is 6.20 Å². The molecule has 0 radical (unpaired) electrons. The van der Waals surface area contributed by atoms with Gasteiger partial charge in [-0.25, -0.2) is 5.10 Å². The molecule has 0 atom stereocenters.